The smallest absolute Gasteiger partial charge is 0.0241 e. The van der Waals surface area contributed by atoms with Gasteiger partial charge in [-0.15, -0.1) is 0 Å². The second-order valence-corrected chi connectivity index (χ2v) is 11.6. The van der Waals surface area contributed by atoms with Gasteiger partial charge in [0, 0.05) is 0 Å². The third kappa shape index (κ3) is 10.4. The molecule has 0 heterocycles. The summed E-state index contributed by atoms with van der Waals surface area (Å²) in [7, 11) is 0. The van der Waals surface area contributed by atoms with Gasteiger partial charge in [-0.05, 0) is 80.2 Å². The summed E-state index contributed by atoms with van der Waals surface area (Å²) < 4.78 is 0. The number of allylic oxidation sites excluding steroid dienone is 2. The summed E-state index contributed by atoms with van der Waals surface area (Å²) in [6.07, 6.45) is 31.0. The van der Waals surface area contributed by atoms with E-state index in [1.165, 1.54) is 140 Å². The van der Waals surface area contributed by atoms with Crippen LogP contribution in [0.1, 0.15) is 141 Å². The van der Waals surface area contributed by atoms with Gasteiger partial charge in [0.05, 0.1) is 0 Å². The van der Waals surface area contributed by atoms with Gasteiger partial charge in [-0.1, -0.05) is 127 Å². The second kappa shape index (κ2) is 15.8. The van der Waals surface area contributed by atoms with E-state index in [0.29, 0.717) is 0 Å². The molecule has 3 rings (SSSR count). The summed E-state index contributed by atoms with van der Waals surface area (Å²) in [6.45, 7) is 4.61. The molecule has 0 nitrogen and oxygen atoms in total. The lowest BCUT2D eigenvalue weighted by atomic mass is 9.76. The van der Waals surface area contributed by atoms with Crippen molar-refractivity contribution in [2.24, 2.45) is 17.8 Å². The van der Waals surface area contributed by atoms with E-state index in [0.717, 1.165) is 17.8 Å². The molecule has 33 heavy (non-hydrogen) atoms. The molecule has 1 aromatic carbocycles. The molecular weight excluding hydrogens is 396 g/mol. The molecule has 0 saturated heterocycles. The highest BCUT2D eigenvalue weighted by Crippen LogP contribution is 2.37. The Morgan fingerprint density at radius 1 is 0.576 bits per heavy atom. The lowest BCUT2D eigenvalue weighted by Crippen LogP contribution is -2.16. The summed E-state index contributed by atoms with van der Waals surface area (Å²) in [6, 6.07) is 9.51. The highest BCUT2D eigenvalue weighted by molar-refractivity contribution is 5.23. The van der Waals surface area contributed by atoms with Crippen molar-refractivity contribution in [1.29, 1.82) is 0 Å². The Morgan fingerprint density at radius 2 is 1.18 bits per heavy atom. The Kier molecular flexibility index (Phi) is 12.7. The molecule has 0 heteroatoms. The molecule has 0 amide bonds. The van der Waals surface area contributed by atoms with E-state index in [1.807, 2.05) is 0 Å². The van der Waals surface area contributed by atoms with Crippen LogP contribution in [0.25, 0.3) is 0 Å². The third-order valence-electron chi connectivity index (χ3n) is 8.86. The minimum Gasteiger partial charge on any atom is -0.0850 e. The molecule has 186 valence electrons. The normalized spacial score (nSPS) is 23.5. The van der Waals surface area contributed by atoms with Crippen molar-refractivity contribution in [2.75, 3.05) is 0 Å². The van der Waals surface area contributed by atoms with E-state index < -0.39 is 0 Å². The summed E-state index contributed by atoms with van der Waals surface area (Å²) in [4.78, 5) is 0. The standard InChI is InChI=1S/C33H54/c1-3-5-7-9-11-29-14-18-31(19-15-29)21-23-33-26-24-32(25-27-33)22-20-30-16-12-28(13-17-30)10-8-6-4-2/h12-13,16-17,24,29,31,33H,3-11,14-15,18-23,25-27H2,1-2H3/t29-,31-,33?. The van der Waals surface area contributed by atoms with Crippen molar-refractivity contribution in [3.05, 3.63) is 47.0 Å². The van der Waals surface area contributed by atoms with Gasteiger partial charge in [0.25, 0.3) is 0 Å². The highest BCUT2D eigenvalue weighted by atomic mass is 14.3. The van der Waals surface area contributed by atoms with E-state index in [-0.39, 0.29) is 0 Å². The van der Waals surface area contributed by atoms with Crippen LogP contribution in [0.15, 0.2) is 35.9 Å². The third-order valence-corrected chi connectivity index (χ3v) is 8.86. The SMILES string of the molecule is CCCCCC[C@H]1CC[C@H](CCC2CC=C(CCc3ccc(CCCCC)cc3)CC2)CC1. The zero-order chi connectivity index (χ0) is 23.1. The average Bonchev–Trinajstić information content (AvgIpc) is 2.86. The van der Waals surface area contributed by atoms with Crippen LogP contribution in [0.3, 0.4) is 0 Å². The molecule has 0 radical (unpaired) electrons. The first-order valence-electron chi connectivity index (χ1n) is 15.0. The van der Waals surface area contributed by atoms with E-state index in [9.17, 15) is 0 Å². The minimum absolute atomic E-state index is 0.975. The number of unbranched alkanes of at least 4 members (excludes halogenated alkanes) is 5. The van der Waals surface area contributed by atoms with Crippen molar-refractivity contribution in [3.8, 4) is 0 Å². The van der Waals surface area contributed by atoms with E-state index in [2.05, 4.69) is 44.2 Å². The van der Waals surface area contributed by atoms with Gasteiger partial charge in [0.1, 0.15) is 0 Å². The Labute approximate surface area is 207 Å². The molecule has 0 aromatic heterocycles. The topological polar surface area (TPSA) is 0 Å². The summed E-state index contributed by atoms with van der Waals surface area (Å²) in [5, 5.41) is 0. The summed E-state index contributed by atoms with van der Waals surface area (Å²) >= 11 is 0. The van der Waals surface area contributed by atoms with E-state index in [1.54, 1.807) is 5.57 Å². The summed E-state index contributed by atoms with van der Waals surface area (Å²) in [5.74, 6) is 3.09. The molecule has 0 bridgehead atoms. The van der Waals surface area contributed by atoms with Gasteiger partial charge in [-0.25, -0.2) is 0 Å². The van der Waals surface area contributed by atoms with Crippen LogP contribution in [-0.4, -0.2) is 0 Å². The van der Waals surface area contributed by atoms with Crippen molar-refractivity contribution in [1.82, 2.24) is 0 Å². The average molecular weight is 451 g/mol. The molecule has 1 saturated carbocycles. The van der Waals surface area contributed by atoms with Crippen LogP contribution in [0, 0.1) is 17.8 Å². The van der Waals surface area contributed by atoms with Crippen LogP contribution in [0.2, 0.25) is 0 Å². The highest BCUT2D eigenvalue weighted by Gasteiger charge is 2.22. The number of rotatable bonds is 15. The Morgan fingerprint density at radius 3 is 1.82 bits per heavy atom. The molecule has 0 aliphatic heterocycles. The molecule has 0 N–H and O–H groups in total. The molecule has 0 spiro atoms. The first kappa shape index (κ1) is 26.6. The molecule has 1 atom stereocenters. The van der Waals surface area contributed by atoms with Crippen LogP contribution in [-0.2, 0) is 12.8 Å². The zero-order valence-corrected chi connectivity index (χ0v) is 22.3. The van der Waals surface area contributed by atoms with Crippen molar-refractivity contribution in [3.63, 3.8) is 0 Å². The van der Waals surface area contributed by atoms with Gasteiger partial charge < -0.3 is 0 Å². The largest absolute Gasteiger partial charge is 0.0850 e. The Bertz CT molecular complexity index is 643. The van der Waals surface area contributed by atoms with E-state index >= 15 is 0 Å². The first-order valence-corrected chi connectivity index (χ1v) is 15.0. The number of benzene rings is 1. The van der Waals surface area contributed by atoms with Gasteiger partial charge in [0.2, 0.25) is 0 Å². The van der Waals surface area contributed by atoms with Gasteiger partial charge in [-0.2, -0.15) is 0 Å². The van der Waals surface area contributed by atoms with Crippen molar-refractivity contribution in [2.45, 2.75) is 142 Å². The van der Waals surface area contributed by atoms with Crippen molar-refractivity contribution < 1.29 is 0 Å². The van der Waals surface area contributed by atoms with Crippen LogP contribution < -0.4 is 0 Å². The van der Waals surface area contributed by atoms with Crippen LogP contribution >= 0.6 is 0 Å². The van der Waals surface area contributed by atoms with Crippen molar-refractivity contribution >= 4 is 0 Å². The molecular formula is C33H54. The molecule has 2 aliphatic rings. The predicted molar refractivity (Wildman–Crippen MR) is 147 cm³/mol. The second-order valence-electron chi connectivity index (χ2n) is 11.6. The molecule has 2 aliphatic carbocycles. The zero-order valence-electron chi connectivity index (χ0n) is 22.3. The number of aryl methyl sites for hydroxylation is 2. The fourth-order valence-corrected chi connectivity index (χ4v) is 6.33. The van der Waals surface area contributed by atoms with Gasteiger partial charge in [0.15, 0.2) is 0 Å². The molecule has 1 unspecified atom stereocenters. The summed E-state index contributed by atoms with van der Waals surface area (Å²) in [5.41, 5.74) is 4.78. The Hall–Kier alpha value is -1.04. The fraction of sp³-hybridized carbons (Fsp3) is 0.758. The maximum Gasteiger partial charge on any atom is -0.0241 e. The fourth-order valence-electron chi connectivity index (χ4n) is 6.33. The number of hydrogen-bond acceptors (Lipinski definition) is 0. The van der Waals surface area contributed by atoms with Gasteiger partial charge in [-0.3, -0.25) is 0 Å². The monoisotopic (exact) mass is 450 g/mol. The molecule has 1 aromatic rings. The molecule has 1 fully saturated rings. The van der Waals surface area contributed by atoms with Crippen LogP contribution in [0.4, 0.5) is 0 Å². The maximum atomic E-state index is 2.63. The maximum absolute atomic E-state index is 2.63. The minimum atomic E-state index is 0.975. The quantitative estimate of drug-likeness (QED) is 0.184. The van der Waals surface area contributed by atoms with E-state index in [4.69, 9.17) is 0 Å². The first-order chi connectivity index (χ1) is 16.3. The number of hydrogen-bond donors (Lipinski definition) is 0. The lowest BCUT2D eigenvalue weighted by molar-refractivity contribution is 0.234. The Balaban J connectivity index is 1.26. The van der Waals surface area contributed by atoms with Crippen LogP contribution in [0.5, 0.6) is 0 Å². The van der Waals surface area contributed by atoms with Gasteiger partial charge >= 0.3 is 0 Å². The predicted octanol–water partition coefficient (Wildman–Crippen LogP) is 10.6. The lowest BCUT2D eigenvalue weighted by Gasteiger charge is -2.30.